The molecule has 4 rings (SSSR count). The number of nitriles is 1. The zero-order valence-electron chi connectivity index (χ0n) is 25.1. The molecule has 0 saturated carbocycles. The average molecular weight is 638 g/mol. The Morgan fingerprint density at radius 3 is 2.56 bits per heavy atom. The molecule has 0 aromatic carbocycles. The summed E-state index contributed by atoms with van der Waals surface area (Å²) in [5.74, 6) is -4.01. The molecule has 0 spiro atoms. The van der Waals surface area contributed by atoms with Crippen LogP contribution in [0.2, 0.25) is 0 Å². The van der Waals surface area contributed by atoms with Gasteiger partial charge in [-0.25, -0.2) is 4.57 Å². The fourth-order valence-corrected chi connectivity index (χ4v) is 6.24. The third-order valence-corrected chi connectivity index (χ3v) is 8.17. The molecule has 45 heavy (non-hydrogen) atoms. The number of hydrogen-bond donors (Lipinski definition) is 3. The standard InChI is InChI=1S/C29H31N7O8S/c1-15-18(11-31-21(15)25(39)32-14-30)16-6-8-35(9-7-16)12-17-13-45-27-22(26(40)36(27)23(17)28(41)42)33-24(38)19(34-43-5)10-20(37)44-29(2,3)4/h6-9,11,22,27H,10,12-13H2,1-5H3,(H3,32,33,38,39,41,42)/b34-19+. The van der Waals surface area contributed by atoms with Crippen molar-refractivity contribution in [3.8, 4) is 17.3 Å². The van der Waals surface area contributed by atoms with E-state index in [0.29, 0.717) is 11.1 Å². The Bertz CT molecular complexity index is 1650. The fraction of sp³-hybridized carbons (Fsp3) is 0.379. The number of amides is 3. The van der Waals surface area contributed by atoms with Gasteiger partial charge in [-0.3, -0.25) is 29.4 Å². The molecular weight excluding hydrogens is 606 g/mol. The Hall–Kier alpha value is -5.17. The molecule has 2 aliphatic rings. The Labute approximate surface area is 262 Å². The number of hydrogen-bond acceptors (Lipinski definition) is 11. The van der Waals surface area contributed by atoms with Crippen LogP contribution in [0, 0.1) is 18.4 Å². The van der Waals surface area contributed by atoms with E-state index in [1.54, 1.807) is 69.2 Å². The van der Waals surface area contributed by atoms with E-state index in [9.17, 15) is 29.1 Å². The fourth-order valence-electron chi connectivity index (χ4n) is 4.90. The van der Waals surface area contributed by atoms with E-state index in [1.807, 2.05) is 0 Å². The summed E-state index contributed by atoms with van der Waals surface area (Å²) in [6.45, 7) is 6.91. The van der Waals surface area contributed by atoms with E-state index in [0.717, 1.165) is 16.0 Å². The van der Waals surface area contributed by atoms with E-state index in [2.05, 4.69) is 20.8 Å². The highest BCUT2D eigenvalue weighted by molar-refractivity contribution is 8.00. The van der Waals surface area contributed by atoms with Crippen LogP contribution >= 0.6 is 11.8 Å². The van der Waals surface area contributed by atoms with Crippen molar-refractivity contribution in [3.05, 3.63) is 53.3 Å². The molecule has 3 amide bonds. The lowest BCUT2D eigenvalue weighted by molar-refractivity contribution is -0.689. The number of H-pyrrole nitrogens is 1. The van der Waals surface area contributed by atoms with Crippen LogP contribution in [-0.4, -0.2) is 75.1 Å². The second-order valence-electron chi connectivity index (χ2n) is 11.1. The van der Waals surface area contributed by atoms with Crippen molar-refractivity contribution in [2.45, 2.75) is 57.7 Å². The number of aromatic amines is 1. The largest absolute Gasteiger partial charge is 0.543 e. The van der Waals surface area contributed by atoms with E-state index < -0.39 is 53.1 Å². The number of esters is 1. The van der Waals surface area contributed by atoms with Crippen LogP contribution in [-0.2, 0) is 35.3 Å². The Morgan fingerprint density at radius 2 is 1.96 bits per heavy atom. The van der Waals surface area contributed by atoms with Crippen molar-refractivity contribution >= 4 is 47.1 Å². The van der Waals surface area contributed by atoms with E-state index in [4.69, 9.17) is 14.8 Å². The van der Waals surface area contributed by atoms with Crippen LogP contribution in [0.4, 0.5) is 0 Å². The van der Waals surface area contributed by atoms with Gasteiger partial charge in [-0.15, -0.1) is 11.8 Å². The minimum atomic E-state index is -1.52. The number of β-lactam (4-membered cyclic amide) rings is 1. The van der Waals surface area contributed by atoms with Crippen LogP contribution < -0.4 is 20.3 Å². The van der Waals surface area contributed by atoms with Gasteiger partial charge in [0.05, 0.1) is 18.1 Å². The van der Waals surface area contributed by atoms with Gasteiger partial charge in [0.1, 0.15) is 29.8 Å². The summed E-state index contributed by atoms with van der Waals surface area (Å²) < 4.78 is 6.97. The number of aromatic nitrogens is 2. The van der Waals surface area contributed by atoms with E-state index in [-0.39, 0.29) is 29.4 Å². The molecule has 16 heteroatoms. The quantitative estimate of drug-likeness (QED) is 0.0585. The highest BCUT2D eigenvalue weighted by Gasteiger charge is 2.53. The molecule has 15 nitrogen and oxygen atoms in total. The molecule has 2 unspecified atom stereocenters. The number of carboxylic acid groups (broad SMARTS) is 1. The van der Waals surface area contributed by atoms with Gasteiger partial charge >= 0.3 is 5.97 Å². The molecule has 0 radical (unpaired) electrons. The first-order chi connectivity index (χ1) is 21.2. The van der Waals surface area contributed by atoms with Crippen LogP contribution in [0.25, 0.3) is 11.1 Å². The van der Waals surface area contributed by atoms with Crippen molar-refractivity contribution in [2.75, 3.05) is 12.9 Å². The maximum Gasteiger partial charge on any atom is 0.312 e. The van der Waals surface area contributed by atoms with Crippen molar-refractivity contribution in [1.29, 1.82) is 5.26 Å². The lowest BCUT2D eigenvalue weighted by Gasteiger charge is -2.50. The number of fused-ring (bicyclic) bond motifs is 1. The maximum absolute atomic E-state index is 13.1. The molecule has 236 valence electrons. The maximum atomic E-state index is 13.1. The van der Waals surface area contributed by atoms with Crippen LogP contribution in [0.3, 0.4) is 0 Å². The topological polar surface area (TPSA) is 210 Å². The third kappa shape index (κ3) is 7.15. The first-order valence-electron chi connectivity index (χ1n) is 13.6. The molecule has 3 N–H and O–H groups in total. The highest BCUT2D eigenvalue weighted by atomic mass is 32.2. The molecule has 2 aliphatic heterocycles. The molecule has 2 atom stereocenters. The van der Waals surface area contributed by atoms with Crippen molar-refractivity contribution in [1.82, 2.24) is 20.5 Å². The smallest absolute Gasteiger partial charge is 0.312 e. The number of ether oxygens (including phenoxy) is 1. The van der Waals surface area contributed by atoms with Gasteiger partial charge < -0.3 is 29.8 Å². The molecule has 2 aromatic rings. The number of thioether (sulfide) groups is 1. The van der Waals surface area contributed by atoms with Gasteiger partial charge in [0.15, 0.2) is 30.8 Å². The molecule has 0 aliphatic carbocycles. The molecular formula is C29H31N7O8S. The SMILES string of the molecule is CO/N=C(\CC(=O)OC(C)(C)C)C(=O)NC1C(=O)N2C(C(=O)[O-])=C(C[n+]3ccc(-c4c[nH]c(C(=O)NC#N)c4C)cc3)CSC12. The number of nitrogens with zero attached hydrogens (tertiary/aromatic N) is 4. The third-order valence-electron chi connectivity index (χ3n) is 6.83. The number of carbonyl (C=O) groups excluding carboxylic acids is 5. The van der Waals surface area contributed by atoms with Crippen LogP contribution in [0.15, 0.2) is 47.1 Å². The molecule has 1 saturated heterocycles. The summed E-state index contributed by atoms with van der Waals surface area (Å²) in [6, 6.07) is 2.52. The lowest BCUT2D eigenvalue weighted by Crippen LogP contribution is -2.71. The monoisotopic (exact) mass is 637 g/mol. The first-order valence-corrected chi connectivity index (χ1v) is 14.7. The van der Waals surface area contributed by atoms with Gasteiger partial charge in [-0.1, -0.05) is 5.16 Å². The molecule has 2 aromatic heterocycles. The van der Waals surface area contributed by atoms with Crippen LogP contribution in [0.5, 0.6) is 0 Å². The van der Waals surface area contributed by atoms with E-state index in [1.165, 1.54) is 18.9 Å². The van der Waals surface area contributed by atoms with Gasteiger partial charge in [-0.05, 0) is 38.8 Å². The van der Waals surface area contributed by atoms with E-state index >= 15 is 0 Å². The van der Waals surface area contributed by atoms with Gasteiger partial charge in [0, 0.05) is 35.2 Å². The number of nitrogens with one attached hydrogen (secondary N) is 3. The van der Waals surface area contributed by atoms with Crippen molar-refractivity contribution in [2.24, 2.45) is 5.16 Å². The average Bonchev–Trinajstić information content (AvgIpc) is 3.35. The van der Waals surface area contributed by atoms with Gasteiger partial charge in [0.25, 0.3) is 17.7 Å². The first kappa shape index (κ1) is 32.7. The second kappa shape index (κ2) is 13.2. The lowest BCUT2D eigenvalue weighted by atomic mass is 10.0. The number of aliphatic carboxylic acids is 1. The second-order valence-corrected chi connectivity index (χ2v) is 12.2. The summed E-state index contributed by atoms with van der Waals surface area (Å²) >= 11 is 1.27. The molecule has 1 fully saturated rings. The summed E-state index contributed by atoms with van der Waals surface area (Å²) in [4.78, 5) is 71.2. The number of carboxylic acids is 1. The number of oxime groups is 1. The minimum Gasteiger partial charge on any atom is -0.543 e. The van der Waals surface area contributed by atoms with Gasteiger partial charge in [0.2, 0.25) is 0 Å². The summed E-state index contributed by atoms with van der Waals surface area (Å²) in [5.41, 5.74) is 1.53. The molecule has 0 bridgehead atoms. The van der Waals surface area contributed by atoms with Crippen molar-refractivity contribution < 1.29 is 43.2 Å². The zero-order chi connectivity index (χ0) is 33.1. The Morgan fingerprint density at radius 1 is 1.27 bits per heavy atom. The summed E-state index contributed by atoms with van der Waals surface area (Å²) in [5, 5.41) is 28.4. The summed E-state index contributed by atoms with van der Waals surface area (Å²) in [7, 11) is 1.20. The number of pyridine rings is 1. The predicted molar refractivity (Wildman–Crippen MR) is 156 cm³/mol. The van der Waals surface area contributed by atoms with Crippen molar-refractivity contribution in [3.63, 3.8) is 0 Å². The van der Waals surface area contributed by atoms with Gasteiger partial charge in [-0.2, -0.15) is 5.26 Å². The summed E-state index contributed by atoms with van der Waals surface area (Å²) in [6.07, 6.45) is 6.23. The Balaban J connectivity index is 1.46. The zero-order valence-corrected chi connectivity index (χ0v) is 25.9. The normalized spacial score (nSPS) is 17.9. The number of carbonyl (C=O) groups is 5. The minimum absolute atomic E-state index is 0.145. The Kier molecular flexibility index (Phi) is 9.62. The highest BCUT2D eigenvalue weighted by Crippen LogP contribution is 2.40. The van der Waals surface area contributed by atoms with Crippen LogP contribution in [0.1, 0.15) is 43.2 Å². The molecule has 4 heterocycles. The predicted octanol–water partition coefficient (Wildman–Crippen LogP) is -0.373. The number of rotatable bonds is 10.